The zero-order valence-electron chi connectivity index (χ0n) is 16.2. The molecule has 0 bridgehead atoms. The molecule has 0 saturated heterocycles. The van der Waals surface area contributed by atoms with Gasteiger partial charge in [-0.1, -0.05) is 24.3 Å². The number of anilines is 1. The highest BCUT2D eigenvalue weighted by Crippen LogP contribution is 2.36. The largest absolute Gasteiger partial charge is 0.376 e. The van der Waals surface area contributed by atoms with Crippen LogP contribution in [0.25, 0.3) is 11.4 Å². The van der Waals surface area contributed by atoms with Gasteiger partial charge in [-0.25, -0.2) is 4.68 Å². The first kappa shape index (κ1) is 17.8. The molecule has 29 heavy (non-hydrogen) atoms. The van der Waals surface area contributed by atoms with E-state index in [0.29, 0.717) is 6.04 Å². The standard InChI is InChI=1S/C22H24N6O/c29-21(24-20-7-3-5-15-4-1-2-6-19(15)20)14-23-17-10-8-16(9-11-17)22-25-26-27-28(22)18-12-13-18/h1-2,4,6,8-11,18,20,23H,3,5,7,12-14H2,(H,24,29). The molecular weight excluding hydrogens is 364 g/mol. The Morgan fingerprint density at radius 1 is 1.07 bits per heavy atom. The Hall–Kier alpha value is -3.22. The number of benzene rings is 2. The maximum Gasteiger partial charge on any atom is 0.239 e. The summed E-state index contributed by atoms with van der Waals surface area (Å²) in [7, 11) is 0. The fraction of sp³-hybridized carbons (Fsp3) is 0.364. The average molecular weight is 388 g/mol. The number of aromatic nitrogens is 4. The molecule has 1 fully saturated rings. The maximum atomic E-state index is 12.5. The van der Waals surface area contributed by atoms with Gasteiger partial charge in [-0.05, 0) is 77.9 Å². The highest BCUT2D eigenvalue weighted by molar-refractivity contribution is 5.81. The highest BCUT2D eigenvalue weighted by Gasteiger charge is 2.28. The summed E-state index contributed by atoms with van der Waals surface area (Å²) < 4.78 is 1.90. The van der Waals surface area contributed by atoms with Gasteiger partial charge in [-0.3, -0.25) is 4.79 Å². The summed E-state index contributed by atoms with van der Waals surface area (Å²) in [5, 5.41) is 18.4. The van der Waals surface area contributed by atoms with Crippen molar-refractivity contribution in [2.24, 2.45) is 0 Å². The van der Waals surface area contributed by atoms with Crippen LogP contribution < -0.4 is 10.6 Å². The molecule has 2 N–H and O–H groups in total. The Morgan fingerprint density at radius 2 is 1.90 bits per heavy atom. The molecule has 3 aromatic rings. The van der Waals surface area contributed by atoms with E-state index in [9.17, 15) is 4.79 Å². The smallest absolute Gasteiger partial charge is 0.239 e. The number of fused-ring (bicyclic) bond motifs is 1. The van der Waals surface area contributed by atoms with Crippen LogP contribution >= 0.6 is 0 Å². The molecule has 7 heteroatoms. The van der Waals surface area contributed by atoms with Gasteiger partial charge in [0.1, 0.15) is 0 Å². The highest BCUT2D eigenvalue weighted by atomic mass is 16.2. The molecule has 2 aromatic carbocycles. The summed E-state index contributed by atoms with van der Waals surface area (Å²) in [5.41, 5.74) is 4.49. The number of amides is 1. The number of carbonyl (C=O) groups is 1. The zero-order valence-corrected chi connectivity index (χ0v) is 16.2. The molecule has 1 unspecified atom stereocenters. The lowest BCUT2D eigenvalue weighted by Gasteiger charge is -2.26. The maximum absolute atomic E-state index is 12.5. The monoisotopic (exact) mass is 388 g/mol. The van der Waals surface area contributed by atoms with Gasteiger partial charge >= 0.3 is 0 Å². The van der Waals surface area contributed by atoms with E-state index in [2.05, 4.69) is 44.4 Å². The molecule has 0 aliphatic heterocycles. The third kappa shape index (κ3) is 3.85. The van der Waals surface area contributed by atoms with Crippen molar-refractivity contribution >= 4 is 11.6 Å². The van der Waals surface area contributed by atoms with Crippen molar-refractivity contribution in [1.29, 1.82) is 0 Å². The van der Waals surface area contributed by atoms with Crippen molar-refractivity contribution in [3.05, 3.63) is 59.7 Å². The van der Waals surface area contributed by atoms with E-state index < -0.39 is 0 Å². The SMILES string of the molecule is O=C(CNc1ccc(-c2nnnn2C2CC2)cc1)NC1CCCc2ccccc21. The molecule has 1 saturated carbocycles. The van der Waals surface area contributed by atoms with Crippen LogP contribution in [0.1, 0.15) is 48.9 Å². The number of hydrogen-bond donors (Lipinski definition) is 2. The molecule has 0 radical (unpaired) electrons. The zero-order chi connectivity index (χ0) is 19.6. The molecule has 1 atom stereocenters. The number of hydrogen-bond acceptors (Lipinski definition) is 5. The first-order chi connectivity index (χ1) is 14.3. The van der Waals surface area contributed by atoms with Gasteiger partial charge in [0.15, 0.2) is 5.82 Å². The lowest BCUT2D eigenvalue weighted by molar-refractivity contribution is -0.120. The number of aryl methyl sites for hydroxylation is 1. The molecule has 7 nitrogen and oxygen atoms in total. The second-order valence-corrected chi connectivity index (χ2v) is 7.82. The van der Waals surface area contributed by atoms with Gasteiger partial charge in [0.05, 0.1) is 18.6 Å². The molecular formula is C22H24N6O. The number of nitrogens with one attached hydrogen (secondary N) is 2. The third-order valence-electron chi connectivity index (χ3n) is 5.69. The van der Waals surface area contributed by atoms with Crippen molar-refractivity contribution in [2.75, 3.05) is 11.9 Å². The van der Waals surface area contributed by atoms with E-state index in [4.69, 9.17) is 0 Å². The number of carbonyl (C=O) groups excluding carboxylic acids is 1. The van der Waals surface area contributed by atoms with E-state index in [-0.39, 0.29) is 18.5 Å². The van der Waals surface area contributed by atoms with Crippen molar-refractivity contribution in [3.63, 3.8) is 0 Å². The normalized spacial score (nSPS) is 18.1. The van der Waals surface area contributed by atoms with Crippen molar-refractivity contribution in [2.45, 2.75) is 44.2 Å². The lowest BCUT2D eigenvalue weighted by atomic mass is 9.88. The van der Waals surface area contributed by atoms with Crippen molar-refractivity contribution in [3.8, 4) is 11.4 Å². The van der Waals surface area contributed by atoms with Crippen LogP contribution in [-0.4, -0.2) is 32.7 Å². The minimum Gasteiger partial charge on any atom is -0.376 e. The van der Waals surface area contributed by atoms with Crippen LogP contribution in [0.5, 0.6) is 0 Å². The van der Waals surface area contributed by atoms with E-state index in [1.54, 1.807) is 0 Å². The second kappa shape index (κ2) is 7.66. The minimum atomic E-state index is 0.00783. The van der Waals surface area contributed by atoms with E-state index >= 15 is 0 Å². The third-order valence-corrected chi connectivity index (χ3v) is 5.69. The molecule has 148 valence electrons. The average Bonchev–Trinajstić information content (AvgIpc) is 3.49. The predicted molar refractivity (Wildman–Crippen MR) is 110 cm³/mol. The predicted octanol–water partition coefficient (Wildman–Crippen LogP) is 3.28. The van der Waals surface area contributed by atoms with Crippen LogP contribution in [0.4, 0.5) is 5.69 Å². The molecule has 0 spiro atoms. The Balaban J connectivity index is 1.19. The van der Waals surface area contributed by atoms with Crippen LogP contribution in [0.15, 0.2) is 48.5 Å². The lowest BCUT2D eigenvalue weighted by Crippen LogP contribution is -2.35. The fourth-order valence-electron chi connectivity index (χ4n) is 4.02. The number of tetrazole rings is 1. The molecule has 2 aliphatic rings. The van der Waals surface area contributed by atoms with Crippen LogP contribution in [-0.2, 0) is 11.2 Å². The van der Waals surface area contributed by atoms with Gasteiger partial charge in [0.2, 0.25) is 5.91 Å². The fourth-order valence-corrected chi connectivity index (χ4v) is 4.02. The molecule has 5 rings (SSSR count). The van der Waals surface area contributed by atoms with Crippen LogP contribution in [0.3, 0.4) is 0 Å². The molecule has 1 aromatic heterocycles. The summed E-state index contributed by atoms with van der Waals surface area (Å²) in [6.45, 7) is 0.248. The second-order valence-electron chi connectivity index (χ2n) is 7.82. The van der Waals surface area contributed by atoms with Gasteiger partial charge in [0.25, 0.3) is 0 Å². The summed E-state index contributed by atoms with van der Waals surface area (Å²) in [6.07, 6.45) is 5.47. The van der Waals surface area contributed by atoms with Gasteiger partial charge in [-0.2, -0.15) is 0 Å². The van der Waals surface area contributed by atoms with Crippen molar-refractivity contribution in [1.82, 2.24) is 25.5 Å². The quantitative estimate of drug-likeness (QED) is 0.677. The Labute approximate surface area is 169 Å². The number of rotatable bonds is 6. The van der Waals surface area contributed by atoms with E-state index in [1.807, 2.05) is 35.0 Å². The van der Waals surface area contributed by atoms with Gasteiger partial charge < -0.3 is 10.6 Å². The van der Waals surface area contributed by atoms with Gasteiger partial charge in [-0.15, -0.1) is 5.10 Å². The van der Waals surface area contributed by atoms with Crippen molar-refractivity contribution < 1.29 is 4.79 Å². The molecule has 2 aliphatic carbocycles. The summed E-state index contributed by atoms with van der Waals surface area (Å²) in [5.74, 6) is 0.807. The summed E-state index contributed by atoms with van der Waals surface area (Å²) in [4.78, 5) is 12.5. The summed E-state index contributed by atoms with van der Waals surface area (Å²) in [6, 6.07) is 16.8. The van der Waals surface area contributed by atoms with Gasteiger partial charge in [0, 0.05) is 11.3 Å². The Kier molecular flexibility index (Phi) is 4.71. The van der Waals surface area contributed by atoms with E-state index in [0.717, 1.165) is 49.2 Å². The number of nitrogens with zero attached hydrogens (tertiary/aromatic N) is 4. The topological polar surface area (TPSA) is 84.7 Å². The summed E-state index contributed by atoms with van der Waals surface area (Å²) >= 11 is 0. The Bertz CT molecular complexity index is 1010. The van der Waals surface area contributed by atoms with Crippen LogP contribution in [0, 0.1) is 0 Å². The van der Waals surface area contributed by atoms with E-state index in [1.165, 1.54) is 11.1 Å². The minimum absolute atomic E-state index is 0.00783. The Morgan fingerprint density at radius 3 is 2.72 bits per heavy atom. The molecule has 1 amide bonds. The van der Waals surface area contributed by atoms with Crippen LogP contribution in [0.2, 0.25) is 0 Å². The molecule has 1 heterocycles. The first-order valence-electron chi connectivity index (χ1n) is 10.3. The first-order valence-corrected chi connectivity index (χ1v) is 10.3.